The molecule has 14 nitrogen and oxygen atoms in total. The maximum Gasteiger partial charge on any atom is 0.262 e. The van der Waals surface area contributed by atoms with E-state index in [2.05, 4.69) is 77.0 Å². The molecule has 1 atom stereocenters. The number of fused-ring (bicyclic) bond motifs is 1. The SMILES string of the molecule is CC(C(=O)N1CCN(C(C)(C)C)CC1)c1cccc(C(=O)c2ccccc2)c1.COCC(=O)N1CCN(C(C)(C)C)CC1.COc1ccc2c(c1)c(CC(=O)N1CCN(C(C)(C)C)CC1)c(C)n2C(=O)c1ccc(Cl)cc1. The number of carbonyl (C=O) groups excluding carboxylic acids is 5. The average molecular weight is 1070 g/mol. The Morgan fingerprint density at radius 1 is 0.558 bits per heavy atom. The monoisotopic (exact) mass is 1070 g/mol. The van der Waals surface area contributed by atoms with E-state index in [1.807, 2.05) is 101 Å². The fourth-order valence-corrected chi connectivity index (χ4v) is 10.4. The van der Waals surface area contributed by atoms with Gasteiger partial charge < -0.3 is 24.2 Å². The molecular formula is C62H84ClN7O7. The summed E-state index contributed by atoms with van der Waals surface area (Å²) < 4.78 is 12.0. The second-order valence-corrected chi connectivity index (χ2v) is 23.7. The van der Waals surface area contributed by atoms with Gasteiger partial charge in [-0.3, -0.25) is 43.2 Å². The zero-order valence-corrected chi connectivity index (χ0v) is 48.8. The van der Waals surface area contributed by atoms with Crippen LogP contribution in [-0.4, -0.2) is 179 Å². The summed E-state index contributed by atoms with van der Waals surface area (Å²) in [5.74, 6) is 0.588. The predicted molar refractivity (Wildman–Crippen MR) is 308 cm³/mol. The summed E-state index contributed by atoms with van der Waals surface area (Å²) >= 11 is 6.01. The van der Waals surface area contributed by atoms with Gasteiger partial charge in [-0.2, -0.15) is 0 Å². The first-order valence-electron chi connectivity index (χ1n) is 27.1. The molecule has 3 amide bonds. The van der Waals surface area contributed by atoms with E-state index in [0.717, 1.165) is 93.2 Å². The van der Waals surface area contributed by atoms with Gasteiger partial charge in [-0.05, 0) is 136 Å². The maximum absolute atomic E-state index is 13.5. The van der Waals surface area contributed by atoms with Gasteiger partial charge in [-0.15, -0.1) is 0 Å². The van der Waals surface area contributed by atoms with Crippen molar-refractivity contribution in [3.05, 3.63) is 136 Å². The first-order chi connectivity index (χ1) is 36.3. The number of amides is 3. The van der Waals surface area contributed by atoms with Crippen LogP contribution >= 0.6 is 11.6 Å². The van der Waals surface area contributed by atoms with E-state index in [1.165, 1.54) is 0 Å². The molecule has 3 aliphatic rings. The van der Waals surface area contributed by atoms with Gasteiger partial charge in [0.15, 0.2) is 5.78 Å². The Labute approximate surface area is 463 Å². The summed E-state index contributed by atoms with van der Waals surface area (Å²) in [7, 11) is 3.17. The first-order valence-corrected chi connectivity index (χ1v) is 27.5. The number of carbonyl (C=O) groups is 5. The number of aromatic nitrogens is 1. The van der Waals surface area contributed by atoms with Crippen LogP contribution in [0.15, 0.2) is 97.1 Å². The largest absolute Gasteiger partial charge is 0.497 e. The molecule has 0 bridgehead atoms. The number of ketones is 1. The molecule has 15 heteroatoms. The van der Waals surface area contributed by atoms with E-state index in [-0.39, 0.29) is 65.0 Å². The third-order valence-electron chi connectivity index (χ3n) is 15.2. The van der Waals surface area contributed by atoms with Gasteiger partial charge in [0.1, 0.15) is 12.4 Å². The Hall–Kier alpha value is -5.90. The van der Waals surface area contributed by atoms with Gasteiger partial charge in [-0.1, -0.05) is 60.1 Å². The predicted octanol–water partition coefficient (Wildman–Crippen LogP) is 9.32. The Kier molecular flexibility index (Phi) is 20.5. The highest BCUT2D eigenvalue weighted by atomic mass is 35.5. The lowest BCUT2D eigenvalue weighted by Gasteiger charge is -2.42. The van der Waals surface area contributed by atoms with Crippen LogP contribution < -0.4 is 4.74 Å². The number of halogens is 1. The molecule has 1 aromatic heterocycles. The molecule has 5 aromatic rings. The molecular weight excluding hydrogens is 990 g/mol. The van der Waals surface area contributed by atoms with Crippen LogP contribution in [-0.2, 0) is 25.5 Å². The Balaban J connectivity index is 0.000000201. The fourth-order valence-electron chi connectivity index (χ4n) is 10.2. The van der Waals surface area contributed by atoms with E-state index in [4.69, 9.17) is 21.1 Å². The highest BCUT2D eigenvalue weighted by Gasteiger charge is 2.32. The van der Waals surface area contributed by atoms with Crippen molar-refractivity contribution in [2.24, 2.45) is 0 Å². The number of benzene rings is 4. The smallest absolute Gasteiger partial charge is 0.262 e. The van der Waals surface area contributed by atoms with Crippen LogP contribution in [0, 0.1) is 6.92 Å². The number of hydrogen-bond acceptors (Lipinski definition) is 10. The quantitative estimate of drug-likeness (QED) is 0.125. The molecule has 3 fully saturated rings. The first kappa shape index (κ1) is 60.3. The molecule has 0 radical (unpaired) electrons. The summed E-state index contributed by atoms with van der Waals surface area (Å²) in [6.07, 6.45) is 0.242. The molecule has 1 unspecified atom stereocenters. The van der Waals surface area contributed by atoms with E-state index in [0.29, 0.717) is 40.6 Å². The van der Waals surface area contributed by atoms with Crippen molar-refractivity contribution < 1.29 is 33.4 Å². The van der Waals surface area contributed by atoms with Crippen LogP contribution in [0.4, 0.5) is 0 Å². The van der Waals surface area contributed by atoms with Crippen LogP contribution in [0.5, 0.6) is 5.75 Å². The highest BCUT2D eigenvalue weighted by Crippen LogP contribution is 2.32. The second-order valence-electron chi connectivity index (χ2n) is 23.3. The lowest BCUT2D eigenvalue weighted by Crippen LogP contribution is -2.55. The molecule has 4 heterocycles. The molecule has 0 N–H and O–H groups in total. The summed E-state index contributed by atoms with van der Waals surface area (Å²) in [5.41, 5.74) is 5.54. The third kappa shape index (κ3) is 15.7. The molecule has 0 aliphatic carbocycles. The van der Waals surface area contributed by atoms with Gasteiger partial charge in [0.2, 0.25) is 17.7 Å². The lowest BCUT2D eigenvalue weighted by atomic mass is 9.94. The van der Waals surface area contributed by atoms with Crippen LogP contribution in [0.2, 0.25) is 5.02 Å². The summed E-state index contributed by atoms with van der Waals surface area (Å²) in [4.78, 5) is 77.1. The van der Waals surface area contributed by atoms with Crippen LogP contribution in [0.25, 0.3) is 10.9 Å². The number of rotatable bonds is 10. The van der Waals surface area contributed by atoms with Gasteiger partial charge in [0, 0.05) is 135 Å². The summed E-state index contributed by atoms with van der Waals surface area (Å²) in [6, 6.07) is 29.2. The van der Waals surface area contributed by atoms with Crippen molar-refractivity contribution in [3.8, 4) is 5.75 Å². The molecule has 0 saturated carbocycles. The molecule has 0 spiro atoms. The van der Waals surface area contributed by atoms with E-state index in [1.54, 1.807) is 43.1 Å². The number of methoxy groups -OCH3 is 2. The Morgan fingerprint density at radius 3 is 1.55 bits per heavy atom. The van der Waals surface area contributed by atoms with E-state index >= 15 is 0 Å². The Morgan fingerprint density at radius 2 is 1.05 bits per heavy atom. The second kappa shape index (κ2) is 26.2. The van der Waals surface area contributed by atoms with Crippen molar-refractivity contribution in [1.82, 2.24) is 34.0 Å². The van der Waals surface area contributed by atoms with Crippen molar-refractivity contribution in [2.75, 3.05) is 99.4 Å². The van der Waals surface area contributed by atoms with Crippen LogP contribution in [0.1, 0.15) is 118 Å². The standard InChI is InChI=1S/C27H32ClN3O3.C24H30N2O2.C11H22N2O2/c1-18-22(17-25(32)29-12-14-30(15-13-29)27(2,3)4)23-16-21(34-5)10-11-24(23)31(18)26(33)19-6-8-20(28)9-7-19;1-18(23(28)25-13-15-26(16-14-25)24(2,3)4)20-11-8-12-21(17-20)22(27)19-9-6-5-7-10-19;1-11(2,3)13-7-5-12(6-8-13)10(14)9-15-4/h6-11,16H,12-15,17H2,1-5H3;5-12,17-18H,13-16H2,1-4H3;5-9H2,1-4H3. The maximum atomic E-state index is 13.5. The average Bonchev–Trinajstić information content (AvgIpc) is 3.73. The van der Waals surface area contributed by atoms with Crippen molar-refractivity contribution >= 4 is 51.9 Å². The minimum atomic E-state index is -0.260. The summed E-state index contributed by atoms with van der Waals surface area (Å²) in [5, 5.41) is 1.44. The zero-order valence-electron chi connectivity index (χ0n) is 48.1. The van der Waals surface area contributed by atoms with Gasteiger partial charge in [0.25, 0.3) is 5.91 Å². The number of piperazine rings is 3. The van der Waals surface area contributed by atoms with Crippen molar-refractivity contribution in [2.45, 2.75) is 105 Å². The van der Waals surface area contributed by atoms with E-state index < -0.39 is 0 Å². The highest BCUT2D eigenvalue weighted by molar-refractivity contribution is 6.30. The van der Waals surface area contributed by atoms with Gasteiger partial charge in [0.05, 0.1) is 25.0 Å². The zero-order chi connectivity index (χ0) is 56.4. The summed E-state index contributed by atoms with van der Waals surface area (Å²) in [6.45, 7) is 33.9. The molecule has 416 valence electrons. The minimum Gasteiger partial charge on any atom is -0.497 e. The van der Waals surface area contributed by atoms with Crippen LogP contribution in [0.3, 0.4) is 0 Å². The lowest BCUT2D eigenvalue weighted by molar-refractivity contribution is -0.137. The normalized spacial score (nSPS) is 16.5. The Bertz CT molecular complexity index is 2800. The van der Waals surface area contributed by atoms with Crippen molar-refractivity contribution in [1.29, 1.82) is 0 Å². The number of hydrogen-bond donors (Lipinski definition) is 0. The fraction of sp³-hybridized carbons (Fsp3) is 0.500. The third-order valence-corrected chi connectivity index (χ3v) is 15.4. The van der Waals surface area contributed by atoms with Crippen molar-refractivity contribution in [3.63, 3.8) is 0 Å². The molecule has 8 rings (SSSR count). The van der Waals surface area contributed by atoms with Gasteiger partial charge >= 0.3 is 0 Å². The number of ether oxygens (including phenoxy) is 2. The molecule has 3 saturated heterocycles. The number of nitrogens with zero attached hydrogens (tertiary/aromatic N) is 7. The topological polar surface area (TPSA) is 128 Å². The molecule has 3 aliphatic heterocycles. The molecule has 77 heavy (non-hydrogen) atoms. The van der Waals surface area contributed by atoms with E-state index in [9.17, 15) is 24.0 Å². The van der Waals surface area contributed by atoms with Gasteiger partial charge in [-0.25, -0.2) is 0 Å². The minimum absolute atomic E-state index is 0.0131. The molecule has 4 aromatic carbocycles.